The number of piperazine rings is 1. The molecule has 0 aromatic heterocycles. The van der Waals surface area contributed by atoms with E-state index in [1.165, 1.54) is 6.42 Å². The summed E-state index contributed by atoms with van der Waals surface area (Å²) >= 11 is 0. The molecule has 3 heteroatoms. The highest BCUT2D eigenvalue weighted by molar-refractivity contribution is 5.76. The summed E-state index contributed by atoms with van der Waals surface area (Å²) in [5, 5.41) is 10.5. The van der Waals surface area contributed by atoms with E-state index in [1.54, 1.807) is 0 Å². The van der Waals surface area contributed by atoms with E-state index in [4.69, 9.17) is 5.41 Å². The third-order valence-corrected chi connectivity index (χ3v) is 1.59. The largest absolute Gasteiger partial charge is 0.358 e. The SMILES string of the molecule is CC(=N)N1CCNCC1.CCC. The molecule has 2 N–H and O–H groups in total. The lowest BCUT2D eigenvalue weighted by Crippen LogP contribution is -2.45. The van der Waals surface area contributed by atoms with Gasteiger partial charge in [0.05, 0.1) is 5.84 Å². The van der Waals surface area contributed by atoms with Crippen LogP contribution in [0.1, 0.15) is 27.2 Å². The molecule has 3 nitrogen and oxygen atoms in total. The van der Waals surface area contributed by atoms with Crippen molar-refractivity contribution in [1.29, 1.82) is 5.41 Å². The first-order chi connectivity index (χ1) is 5.72. The minimum absolute atomic E-state index is 0.691. The van der Waals surface area contributed by atoms with Crippen molar-refractivity contribution >= 4 is 5.84 Å². The maximum Gasteiger partial charge on any atom is 0.0926 e. The van der Waals surface area contributed by atoms with Crippen molar-refractivity contribution in [2.24, 2.45) is 0 Å². The second-order valence-corrected chi connectivity index (χ2v) is 3.03. The molecule has 0 unspecified atom stereocenters. The van der Waals surface area contributed by atoms with Crippen LogP contribution in [0, 0.1) is 5.41 Å². The van der Waals surface area contributed by atoms with Gasteiger partial charge in [0.25, 0.3) is 0 Å². The van der Waals surface area contributed by atoms with Gasteiger partial charge in [-0.25, -0.2) is 0 Å². The standard InChI is InChI=1S/C6H13N3.C3H8/c1-6(7)9-4-2-8-3-5-9;1-3-2/h7-8H,2-5H2,1H3;3H2,1-2H3. The molecule has 0 aliphatic carbocycles. The summed E-state index contributed by atoms with van der Waals surface area (Å²) in [5.41, 5.74) is 0. The number of amidine groups is 1. The topological polar surface area (TPSA) is 39.1 Å². The van der Waals surface area contributed by atoms with Gasteiger partial charge >= 0.3 is 0 Å². The van der Waals surface area contributed by atoms with Gasteiger partial charge in [0, 0.05) is 26.2 Å². The van der Waals surface area contributed by atoms with E-state index in [1.807, 2.05) is 6.92 Å². The van der Waals surface area contributed by atoms with Crippen molar-refractivity contribution < 1.29 is 0 Å². The van der Waals surface area contributed by atoms with Gasteiger partial charge in [-0.05, 0) is 6.92 Å². The van der Waals surface area contributed by atoms with Crippen molar-refractivity contribution in [3.8, 4) is 0 Å². The van der Waals surface area contributed by atoms with Gasteiger partial charge in [-0.1, -0.05) is 20.3 Å². The molecule has 1 heterocycles. The molecule has 0 spiro atoms. The van der Waals surface area contributed by atoms with Crippen molar-refractivity contribution in [2.75, 3.05) is 26.2 Å². The van der Waals surface area contributed by atoms with Crippen LogP contribution < -0.4 is 5.32 Å². The molecule has 0 radical (unpaired) electrons. The molecule has 1 fully saturated rings. The van der Waals surface area contributed by atoms with Crippen LogP contribution in [0.5, 0.6) is 0 Å². The third-order valence-electron chi connectivity index (χ3n) is 1.59. The summed E-state index contributed by atoms with van der Waals surface area (Å²) in [7, 11) is 0. The average Bonchev–Trinajstić information content (AvgIpc) is 2.07. The predicted molar refractivity (Wildman–Crippen MR) is 53.8 cm³/mol. The predicted octanol–water partition coefficient (Wildman–Crippen LogP) is 1.31. The Kier molecular flexibility index (Phi) is 6.76. The maximum absolute atomic E-state index is 7.29. The number of nitrogens with one attached hydrogen (secondary N) is 2. The molecule has 1 rings (SSSR count). The normalized spacial score (nSPS) is 16.4. The molecule has 0 aromatic rings. The molecule has 0 aromatic carbocycles. The summed E-state index contributed by atoms with van der Waals surface area (Å²) in [6, 6.07) is 0. The Labute approximate surface area is 75.7 Å². The fourth-order valence-electron chi connectivity index (χ4n) is 1.00. The summed E-state index contributed by atoms with van der Waals surface area (Å²) < 4.78 is 0. The van der Waals surface area contributed by atoms with Crippen LogP contribution in [-0.2, 0) is 0 Å². The highest BCUT2D eigenvalue weighted by atomic mass is 15.2. The molecule has 12 heavy (non-hydrogen) atoms. The van der Waals surface area contributed by atoms with Gasteiger partial charge in [0.15, 0.2) is 0 Å². The van der Waals surface area contributed by atoms with Gasteiger partial charge in [-0.15, -0.1) is 0 Å². The molecular weight excluding hydrogens is 150 g/mol. The molecule has 0 atom stereocenters. The van der Waals surface area contributed by atoms with Gasteiger partial charge in [0.1, 0.15) is 0 Å². The first-order valence-corrected chi connectivity index (χ1v) is 4.73. The van der Waals surface area contributed by atoms with E-state index in [0.717, 1.165) is 26.2 Å². The fourth-order valence-corrected chi connectivity index (χ4v) is 1.00. The zero-order valence-electron chi connectivity index (χ0n) is 8.48. The van der Waals surface area contributed by atoms with Crippen LogP contribution in [0.15, 0.2) is 0 Å². The highest BCUT2D eigenvalue weighted by Crippen LogP contribution is 1.91. The highest BCUT2D eigenvalue weighted by Gasteiger charge is 2.07. The number of rotatable bonds is 0. The molecule has 1 aliphatic heterocycles. The van der Waals surface area contributed by atoms with E-state index in [9.17, 15) is 0 Å². The minimum atomic E-state index is 0.691. The average molecular weight is 171 g/mol. The molecule has 0 bridgehead atoms. The Morgan fingerprint density at radius 1 is 1.33 bits per heavy atom. The smallest absolute Gasteiger partial charge is 0.0926 e. The second kappa shape index (κ2) is 7.10. The quantitative estimate of drug-likeness (QED) is 0.426. The van der Waals surface area contributed by atoms with Gasteiger partial charge < -0.3 is 10.2 Å². The van der Waals surface area contributed by atoms with Crippen LogP contribution >= 0.6 is 0 Å². The van der Waals surface area contributed by atoms with E-state index in [0.29, 0.717) is 5.84 Å². The third kappa shape index (κ3) is 5.13. The number of hydrogen-bond acceptors (Lipinski definition) is 2. The number of hydrogen-bond donors (Lipinski definition) is 2. The molecule has 0 saturated carbocycles. The minimum Gasteiger partial charge on any atom is -0.358 e. The Bertz CT molecular complexity index is 117. The van der Waals surface area contributed by atoms with Crippen molar-refractivity contribution in [1.82, 2.24) is 10.2 Å². The fraction of sp³-hybridized carbons (Fsp3) is 0.889. The summed E-state index contributed by atoms with van der Waals surface area (Å²) in [4.78, 5) is 2.08. The zero-order valence-corrected chi connectivity index (χ0v) is 8.48. The Balaban J connectivity index is 0.000000354. The van der Waals surface area contributed by atoms with Gasteiger partial charge in [0.2, 0.25) is 0 Å². The first kappa shape index (κ1) is 11.4. The molecule has 1 saturated heterocycles. The lowest BCUT2D eigenvalue weighted by atomic mass is 10.3. The van der Waals surface area contributed by atoms with E-state index < -0.39 is 0 Å². The van der Waals surface area contributed by atoms with Crippen molar-refractivity contribution in [3.63, 3.8) is 0 Å². The Morgan fingerprint density at radius 3 is 2.00 bits per heavy atom. The second-order valence-electron chi connectivity index (χ2n) is 3.03. The lowest BCUT2D eigenvalue weighted by molar-refractivity contribution is 0.354. The molecule has 72 valence electrons. The van der Waals surface area contributed by atoms with Crippen LogP contribution in [-0.4, -0.2) is 36.9 Å². The van der Waals surface area contributed by atoms with E-state index >= 15 is 0 Å². The van der Waals surface area contributed by atoms with E-state index in [-0.39, 0.29) is 0 Å². The lowest BCUT2D eigenvalue weighted by Gasteiger charge is -2.27. The summed E-state index contributed by atoms with van der Waals surface area (Å²) in [6.45, 7) is 10.1. The van der Waals surface area contributed by atoms with Gasteiger partial charge in [-0.3, -0.25) is 5.41 Å². The molecule has 0 amide bonds. The number of nitrogens with zero attached hydrogens (tertiary/aromatic N) is 1. The van der Waals surface area contributed by atoms with E-state index in [2.05, 4.69) is 24.1 Å². The van der Waals surface area contributed by atoms with Crippen LogP contribution in [0.3, 0.4) is 0 Å². The zero-order chi connectivity index (χ0) is 9.40. The Hall–Kier alpha value is -0.570. The van der Waals surface area contributed by atoms with Crippen LogP contribution in [0.25, 0.3) is 0 Å². The molecule has 1 aliphatic rings. The van der Waals surface area contributed by atoms with Gasteiger partial charge in [-0.2, -0.15) is 0 Å². The maximum atomic E-state index is 7.29. The monoisotopic (exact) mass is 171 g/mol. The molecular formula is C9H21N3. The Morgan fingerprint density at radius 2 is 1.75 bits per heavy atom. The summed E-state index contributed by atoms with van der Waals surface area (Å²) in [5.74, 6) is 0.691. The summed E-state index contributed by atoms with van der Waals surface area (Å²) in [6.07, 6.45) is 1.25. The van der Waals surface area contributed by atoms with Crippen molar-refractivity contribution in [3.05, 3.63) is 0 Å². The van der Waals surface area contributed by atoms with Crippen LogP contribution in [0.4, 0.5) is 0 Å². The van der Waals surface area contributed by atoms with Crippen LogP contribution in [0.2, 0.25) is 0 Å². The first-order valence-electron chi connectivity index (χ1n) is 4.73. The van der Waals surface area contributed by atoms with Crippen molar-refractivity contribution in [2.45, 2.75) is 27.2 Å².